The second-order valence-electron chi connectivity index (χ2n) is 7.76. The molecule has 0 spiro atoms. The molecule has 2 aromatic carbocycles. The summed E-state index contributed by atoms with van der Waals surface area (Å²) in [6.07, 6.45) is 0.247. The highest BCUT2D eigenvalue weighted by atomic mass is 79.9. The maximum atomic E-state index is 13.0. The van der Waals surface area contributed by atoms with Crippen molar-refractivity contribution in [3.63, 3.8) is 0 Å². The molecule has 0 aromatic heterocycles. The van der Waals surface area contributed by atoms with Gasteiger partial charge in [-0.25, -0.2) is 4.90 Å². The number of carbonyl (C=O) groups is 2. The van der Waals surface area contributed by atoms with E-state index in [4.69, 9.17) is 9.47 Å². The number of imide groups is 1. The van der Waals surface area contributed by atoms with E-state index in [-0.39, 0.29) is 31.1 Å². The van der Waals surface area contributed by atoms with Crippen LogP contribution in [0, 0.1) is 0 Å². The molecule has 1 atom stereocenters. The summed E-state index contributed by atoms with van der Waals surface area (Å²) in [4.78, 5) is 31.4. The molecule has 2 saturated heterocycles. The van der Waals surface area contributed by atoms with Crippen LogP contribution in [-0.2, 0) is 16.1 Å². The Labute approximate surface area is 183 Å². The quantitative estimate of drug-likeness (QED) is 0.638. The zero-order valence-electron chi connectivity index (χ0n) is 16.4. The number of carbonyl (C=O) groups excluding carboxylic acids is 2. The Bertz CT molecular complexity index is 973. The van der Waals surface area contributed by atoms with Crippen molar-refractivity contribution in [3.05, 3.63) is 52.5 Å². The summed E-state index contributed by atoms with van der Waals surface area (Å²) in [6.45, 7) is 4.34. The Morgan fingerprint density at radius 1 is 0.933 bits per heavy atom. The fraction of sp³-hybridized carbons (Fsp3) is 0.364. The highest BCUT2D eigenvalue weighted by Gasteiger charge is 2.43. The van der Waals surface area contributed by atoms with Gasteiger partial charge >= 0.3 is 0 Å². The first-order chi connectivity index (χ1) is 14.6. The molecule has 5 rings (SSSR count). The van der Waals surface area contributed by atoms with Gasteiger partial charge in [-0.05, 0) is 42.0 Å². The highest BCUT2D eigenvalue weighted by Crippen LogP contribution is 2.33. The van der Waals surface area contributed by atoms with Gasteiger partial charge in [0, 0.05) is 37.2 Å². The van der Waals surface area contributed by atoms with Crippen LogP contribution in [0.15, 0.2) is 46.9 Å². The molecule has 0 bridgehead atoms. The number of ether oxygens (including phenoxy) is 2. The largest absolute Gasteiger partial charge is 0.454 e. The minimum Gasteiger partial charge on any atom is -0.454 e. The van der Waals surface area contributed by atoms with Gasteiger partial charge in [-0.15, -0.1) is 0 Å². The molecule has 7 nitrogen and oxygen atoms in total. The number of halogens is 1. The monoisotopic (exact) mass is 471 g/mol. The van der Waals surface area contributed by atoms with Crippen LogP contribution in [0.25, 0.3) is 0 Å². The molecule has 0 N–H and O–H groups in total. The molecule has 2 fully saturated rings. The number of amides is 2. The van der Waals surface area contributed by atoms with Gasteiger partial charge in [-0.1, -0.05) is 22.0 Å². The maximum absolute atomic E-state index is 13.0. The van der Waals surface area contributed by atoms with Crippen molar-refractivity contribution in [2.45, 2.75) is 19.0 Å². The summed E-state index contributed by atoms with van der Waals surface area (Å²) in [6, 6.07) is 13.0. The Morgan fingerprint density at radius 3 is 2.43 bits per heavy atom. The van der Waals surface area contributed by atoms with Crippen LogP contribution in [0.1, 0.15) is 12.0 Å². The minimum atomic E-state index is -0.367. The molecule has 156 valence electrons. The number of nitrogens with zero attached hydrogens (tertiary/aromatic N) is 3. The average molecular weight is 472 g/mol. The van der Waals surface area contributed by atoms with Crippen LogP contribution in [0.4, 0.5) is 5.69 Å². The molecule has 2 amide bonds. The molecule has 8 heteroatoms. The third kappa shape index (κ3) is 3.71. The number of fused-ring (bicyclic) bond motifs is 1. The first kappa shape index (κ1) is 19.5. The number of benzene rings is 2. The van der Waals surface area contributed by atoms with E-state index in [9.17, 15) is 9.59 Å². The second kappa shape index (κ2) is 8.02. The van der Waals surface area contributed by atoms with Crippen molar-refractivity contribution in [1.29, 1.82) is 0 Å². The van der Waals surface area contributed by atoms with Crippen molar-refractivity contribution < 1.29 is 19.1 Å². The van der Waals surface area contributed by atoms with E-state index in [1.807, 2.05) is 24.3 Å². The standard InChI is InChI=1S/C22H22BrN3O4/c23-16-2-4-17(5-3-16)26-21(27)12-18(22(26)28)25-9-7-24(8-10-25)13-15-1-6-19-20(11-15)30-14-29-19/h1-6,11,18H,7-10,12-14H2/t18-/m0/s1. The van der Waals surface area contributed by atoms with E-state index in [2.05, 4.69) is 31.8 Å². The van der Waals surface area contributed by atoms with Gasteiger partial charge in [0.05, 0.1) is 18.2 Å². The zero-order valence-corrected chi connectivity index (χ0v) is 18.0. The maximum Gasteiger partial charge on any atom is 0.251 e. The number of hydrogen-bond acceptors (Lipinski definition) is 6. The Morgan fingerprint density at radius 2 is 1.67 bits per heavy atom. The normalized spacial score (nSPS) is 22.2. The van der Waals surface area contributed by atoms with E-state index in [0.717, 1.165) is 48.7 Å². The molecular formula is C22H22BrN3O4. The highest BCUT2D eigenvalue weighted by molar-refractivity contribution is 9.10. The molecule has 3 aliphatic heterocycles. The first-order valence-electron chi connectivity index (χ1n) is 10.1. The van der Waals surface area contributed by atoms with Gasteiger partial charge in [0.1, 0.15) is 0 Å². The number of rotatable bonds is 4. The van der Waals surface area contributed by atoms with Crippen molar-refractivity contribution in [3.8, 4) is 11.5 Å². The van der Waals surface area contributed by atoms with Gasteiger partial charge in [0.15, 0.2) is 11.5 Å². The molecule has 0 unspecified atom stereocenters. The van der Waals surface area contributed by atoms with Crippen molar-refractivity contribution in [2.24, 2.45) is 0 Å². The van der Waals surface area contributed by atoms with Crippen LogP contribution < -0.4 is 14.4 Å². The van der Waals surface area contributed by atoms with Gasteiger partial charge in [-0.3, -0.25) is 19.4 Å². The summed E-state index contributed by atoms with van der Waals surface area (Å²) < 4.78 is 11.8. The smallest absolute Gasteiger partial charge is 0.251 e. The van der Waals surface area contributed by atoms with Crippen LogP contribution in [0.5, 0.6) is 11.5 Å². The van der Waals surface area contributed by atoms with E-state index >= 15 is 0 Å². The molecule has 2 aromatic rings. The van der Waals surface area contributed by atoms with Gasteiger partial charge < -0.3 is 9.47 Å². The van der Waals surface area contributed by atoms with E-state index < -0.39 is 0 Å². The summed E-state index contributed by atoms with van der Waals surface area (Å²) in [5.41, 5.74) is 1.82. The second-order valence-corrected chi connectivity index (χ2v) is 8.68. The number of anilines is 1. The fourth-order valence-corrected chi connectivity index (χ4v) is 4.56. The predicted octanol–water partition coefficient (Wildman–Crippen LogP) is 2.63. The van der Waals surface area contributed by atoms with Crippen LogP contribution in [0.2, 0.25) is 0 Å². The lowest BCUT2D eigenvalue weighted by molar-refractivity contribution is -0.123. The lowest BCUT2D eigenvalue weighted by Crippen LogP contribution is -2.52. The molecule has 0 radical (unpaired) electrons. The van der Waals surface area contributed by atoms with Gasteiger partial charge in [-0.2, -0.15) is 0 Å². The van der Waals surface area contributed by atoms with Crippen molar-refractivity contribution >= 4 is 33.4 Å². The summed E-state index contributed by atoms with van der Waals surface area (Å²) >= 11 is 3.39. The lowest BCUT2D eigenvalue weighted by Gasteiger charge is -2.37. The van der Waals surface area contributed by atoms with Crippen molar-refractivity contribution in [1.82, 2.24) is 9.80 Å². The predicted molar refractivity (Wildman–Crippen MR) is 114 cm³/mol. The van der Waals surface area contributed by atoms with Gasteiger partial charge in [0.2, 0.25) is 12.7 Å². The molecule has 0 saturated carbocycles. The number of piperazine rings is 1. The average Bonchev–Trinajstić information content (AvgIpc) is 3.33. The topological polar surface area (TPSA) is 62.3 Å². The third-order valence-corrected chi connectivity index (χ3v) is 6.43. The summed E-state index contributed by atoms with van der Waals surface area (Å²) in [5.74, 6) is 1.35. The lowest BCUT2D eigenvalue weighted by atomic mass is 10.1. The fourth-order valence-electron chi connectivity index (χ4n) is 4.29. The first-order valence-corrected chi connectivity index (χ1v) is 10.8. The number of hydrogen-bond donors (Lipinski definition) is 0. The van der Waals surface area contributed by atoms with Crippen LogP contribution in [-0.4, -0.2) is 60.6 Å². The zero-order chi connectivity index (χ0) is 20.7. The summed E-state index contributed by atoms with van der Waals surface area (Å²) in [7, 11) is 0. The molecule has 0 aliphatic carbocycles. The summed E-state index contributed by atoms with van der Waals surface area (Å²) in [5, 5.41) is 0. The Kier molecular flexibility index (Phi) is 5.22. The van der Waals surface area contributed by atoms with E-state index in [1.165, 1.54) is 10.5 Å². The SMILES string of the molecule is O=C1C[C@H](N2CCN(Cc3ccc4c(c3)OCO4)CC2)C(=O)N1c1ccc(Br)cc1. The Hall–Kier alpha value is -2.42. The van der Waals surface area contributed by atoms with E-state index in [1.54, 1.807) is 12.1 Å². The van der Waals surface area contributed by atoms with Crippen LogP contribution >= 0.6 is 15.9 Å². The third-order valence-electron chi connectivity index (χ3n) is 5.90. The van der Waals surface area contributed by atoms with Crippen LogP contribution in [0.3, 0.4) is 0 Å². The van der Waals surface area contributed by atoms with Gasteiger partial charge in [0.25, 0.3) is 5.91 Å². The Balaban J connectivity index is 1.20. The molecule has 3 aliphatic rings. The minimum absolute atomic E-state index is 0.119. The molecular weight excluding hydrogens is 450 g/mol. The van der Waals surface area contributed by atoms with E-state index in [0.29, 0.717) is 5.69 Å². The molecule has 30 heavy (non-hydrogen) atoms. The van der Waals surface area contributed by atoms with Crippen molar-refractivity contribution in [2.75, 3.05) is 37.9 Å². The molecule has 3 heterocycles.